The highest BCUT2D eigenvalue weighted by Crippen LogP contribution is 2.37. The monoisotopic (exact) mass is 339 g/mol. The van der Waals surface area contributed by atoms with E-state index in [0.29, 0.717) is 6.04 Å². The van der Waals surface area contributed by atoms with Crippen LogP contribution in [0.3, 0.4) is 0 Å². The number of nitrogens with zero attached hydrogens (tertiary/aromatic N) is 4. The van der Waals surface area contributed by atoms with Crippen molar-refractivity contribution < 1.29 is 0 Å². The van der Waals surface area contributed by atoms with Gasteiger partial charge in [-0.15, -0.1) is 11.3 Å². The molecule has 3 aliphatic heterocycles. The van der Waals surface area contributed by atoms with Gasteiger partial charge in [-0.3, -0.25) is 4.68 Å². The van der Waals surface area contributed by atoms with Crippen molar-refractivity contribution in [3.8, 4) is 0 Å². The molecular formula is C18H21N5S. The molecule has 6 rings (SSSR count). The van der Waals surface area contributed by atoms with Crippen molar-refractivity contribution in [1.29, 1.82) is 0 Å². The first-order valence-corrected chi connectivity index (χ1v) is 9.57. The number of benzene rings is 1. The molecule has 3 aliphatic rings. The second-order valence-electron chi connectivity index (χ2n) is 6.85. The summed E-state index contributed by atoms with van der Waals surface area (Å²) in [5.74, 6) is 0.792. The van der Waals surface area contributed by atoms with Crippen molar-refractivity contribution in [1.82, 2.24) is 19.7 Å². The zero-order valence-electron chi connectivity index (χ0n) is 13.6. The number of anilines is 1. The summed E-state index contributed by atoms with van der Waals surface area (Å²) < 4.78 is 2.27. The number of rotatable bonds is 4. The summed E-state index contributed by atoms with van der Waals surface area (Å²) in [5.41, 5.74) is 2.39. The van der Waals surface area contributed by atoms with Crippen LogP contribution in [0.5, 0.6) is 0 Å². The minimum atomic E-state index is 0.541. The molecule has 0 amide bonds. The van der Waals surface area contributed by atoms with Crippen LogP contribution >= 0.6 is 11.3 Å². The van der Waals surface area contributed by atoms with Crippen molar-refractivity contribution in [2.45, 2.75) is 25.4 Å². The Bertz CT molecular complexity index is 832. The van der Waals surface area contributed by atoms with Gasteiger partial charge in [0.25, 0.3) is 0 Å². The molecule has 1 aromatic carbocycles. The van der Waals surface area contributed by atoms with Gasteiger partial charge >= 0.3 is 0 Å². The zero-order chi connectivity index (χ0) is 15.9. The molecule has 3 aromatic rings. The minimum Gasteiger partial charge on any atom is -0.379 e. The molecule has 24 heavy (non-hydrogen) atoms. The fraction of sp³-hybridized carbons (Fsp3) is 0.444. The lowest BCUT2D eigenvalue weighted by Crippen LogP contribution is -2.48. The summed E-state index contributed by atoms with van der Waals surface area (Å²) in [4.78, 5) is 6.90. The van der Waals surface area contributed by atoms with E-state index in [4.69, 9.17) is 5.10 Å². The molecule has 5 nitrogen and oxygen atoms in total. The van der Waals surface area contributed by atoms with Crippen molar-refractivity contribution in [2.24, 2.45) is 5.92 Å². The third kappa shape index (κ3) is 2.50. The SMILES string of the molecule is c1csc(CNc2ccc3c(cnn3[C@H]3CN4CCC3CC4)c2)n1. The maximum atomic E-state index is 4.74. The molecule has 5 heterocycles. The predicted octanol–water partition coefficient (Wildman–Crippen LogP) is 3.37. The Balaban J connectivity index is 1.39. The largest absolute Gasteiger partial charge is 0.379 e. The van der Waals surface area contributed by atoms with Crippen LogP contribution < -0.4 is 5.32 Å². The van der Waals surface area contributed by atoms with Crippen LogP contribution in [-0.4, -0.2) is 39.3 Å². The second kappa shape index (κ2) is 5.86. The number of nitrogens with one attached hydrogen (secondary N) is 1. The topological polar surface area (TPSA) is 46.0 Å². The van der Waals surface area contributed by atoms with E-state index in [9.17, 15) is 0 Å². The molecule has 6 heteroatoms. The van der Waals surface area contributed by atoms with Crippen LogP contribution in [0.15, 0.2) is 36.0 Å². The van der Waals surface area contributed by atoms with E-state index in [2.05, 4.69) is 38.1 Å². The van der Waals surface area contributed by atoms with Crippen LogP contribution in [0, 0.1) is 5.92 Å². The van der Waals surface area contributed by atoms with Gasteiger partial charge in [-0.1, -0.05) is 0 Å². The maximum Gasteiger partial charge on any atom is 0.112 e. The summed E-state index contributed by atoms with van der Waals surface area (Å²) in [5, 5.41) is 12.5. The Hall–Kier alpha value is -1.92. The van der Waals surface area contributed by atoms with Gasteiger partial charge in [0.15, 0.2) is 0 Å². The first kappa shape index (κ1) is 14.4. The molecule has 2 bridgehead atoms. The molecule has 124 valence electrons. The summed E-state index contributed by atoms with van der Waals surface area (Å²) in [7, 11) is 0. The van der Waals surface area contributed by atoms with Gasteiger partial charge in [0.1, 0.15) is 5.01 Å². The zero-order valence-corrected chi connectivity index (χ0v) is 14.4. The molecule has 0 aliphatic carbocycles. The van der Waals surface area contributed by atoms with Gasteiger partial charge in [0.05, 0.1) is 24.3 Å². The van der Waals surface area contributed by atoms with E-state index in [1.165, 1.54) is 36.8 Å². The van der Waals surface area contributed by atoms with Crippen LogP contribution in [0.25, 0.3) is 10.9 Å². The Labute approximate surface area is 145 Å². The van der Waals surface area contributed by atoms with Crippen molar-refractivity contribution in [3.63, 3.8) is 0 Å². The molecule has 0 radical (unpaired) electrons. The average Bonchev–Trinajstić information content (AvgIpc) is 3.30. The van der Waals surface area contributed by atoms with E-state index in [1.54, 1.807) is 11.3 Å². The van der Waals surface area contributed by atoms with Crippen LogP contribution in [0.4, 0.5) is 5.69 Å². The average molecular weight is 339 g/mol. The number of aromatic nitrogens is 3. The summed E-state index contributed by atoms with van der Waals surface area (Å²) >= 11 is 1.68. The fourth-order valence-electron chi connectivity index (χ4n) is 4.16. The third-order valence-electron chi connectivity index (χ3n) is 5.46. The molecular weight excluding hydrogens is 318 g/mol. The summed E-state index contributed by atoms with van der Waals surface area (Å²) in [6.07, 6.45) is 6.50. The van der Waals surface area contributed by atoms with Gasteiger partial charge in [-0.05, 0) is 50.0 Å². The second-order valence-corrected chi connectivity index (χ2v) is 7.83. The van der Waals surface area contributed by atoms with E-state index in [1.807, 2.05) is 17.8 Å². The first-order chi connectivity index (χ1) is 11.9. The standard InChI is InChI=1S/C18H21N5S/c1-2-16-14(9-15(1)20-11-18-19-5-8-24-18)10-21-23(16)17-12-22-6-3-13(17)4-7-22/h1-2,5,8-10,13,17,20H,3-4,6-7,11-12H2/t17-/m0/s1. The number of hydrogen-bond acceptors (Lipinski definition) is 5. The molecule has 0 unspecified atom stereocenters. The summed E-state index contributed by atoms with van der Waals surface area (Å²) in [6, 6.07) is 7.12. The molecule has 0 saturated carbocycles. The van der Waals surface area contributed by atoms with Gasteiger partial charge < -0.3 is 10.2 Å². The molecule has 3 fully saturated rings. The van der Waals surface area contributed by atoms with Crippen LogP contribution in [0.1, 0.15) is 23.9 Å². The fourth-order valence-corrected chi connectivity index (χ4v) is 4.71. The number of thiazole rings is 1. The van der Waals surface area contributed by atoms with Gasteiger partial charge in [0, 0.05) is 29.2 Å². The van der Waals surface area contributed by atoms with E-state index < -0.39 is 0 Å². The highest BCUT2D eigenvalue weighted by atomic mass is 32.1. The highest BCUT2D eigenvalue weighted by Gasteiger charge is 2.36. The van der Waals surface area contributed by atoms with Gasteiger partial charge in [-0.25, -0.2) is 4.98 Å². The van der Waals surface area contributed by atoms with Crippen molar-refractivity contribution in [2.75, 3.05) is 25.0 Å². The Morgan fingerprint density at radius 3 is 2.92 bits per heavy atom. The van der Waals surface area contributed by atoms with E-state index in [-0.39, 0.29) is 0 Å². The minimum absolute atomic E-state index is 0.541. The normalized spacial score (nSPS) is 26.1. The number of hydrogen-bond donors (Lipinski definition) is 1. The molecule has 1 atom stereocenters. The number of piperidine rings is 3. The Morgan fingerprint density at radius 1 is 1.25 bits per heavy atom. The van der Waals surface area contributed by atoms with E-state index >= 15 is 0 Å². The van der Waals surface area contributed by atoms with Gasteiger partial charge in [-0.2, -0.15) is 5.10 Å². The maximum absolute atomic E-state index is 4.74. The summed E-state index contributed by atoms with van der Waals surface area (Å²) in [6.45, 7) is 4.47. The highest BCUT2D eigenvalue weighted by molar-refractivity contribution is 7.09. The van der Waals surface area contributed by atoms with Crippen LogP contribution in [-0.2, 0) is 6.54 Å². The van der Waals surface area contributed by atoms with Crippen molar-refractivity contribution in [3.05, 3.63) is 41.0 Å². The molecule has 2 aromatic heterocycles. The van der Waals surface area contributed by atoms with Crippen LogP contribution in [0.2, 0.25) is 0 Å². The number of fused-ring (bicyclic) bond motifs is 4. The molecule has 1 N–H and O–H groups in total. The molecule has 3 saturated heterocycles. The first-order valence-electron chi connectivity index (χ1n) is 8.69. The quantitative estimate of drug-likeness (QED) is 0.792. The van der Waals surface area contributed by atoms with Crippen molar-refractivity contribution >= 4 is 27.9 Å². The third-order valence-corrected chi connectivity index (χ3v) is 6.24. The molecule has 0 spiro atoms. The predicted molar refractivity (Wildman–Crippen MR) is 97.4 cm³/mol. The van der Waals surface area contributed by atoms with Gasteiger partial charge in [0.2, 0.25) is 0 Å². The smallest absolute Gasteiger partial charge is 0.112 e. The lowest BCUT2D eigenvalue weighted by atomic mass is 9.84. The Kier molecular flexibility index (Phi) is 3.52. The Morgan fingerprint density at radius 2 is 2.17 bits per heavy atom. The van der Waals surface area contributed by atoms with E-state index in [0.717, 1.165) is 29.7 Å². The lowest BCUT2D eigenvalue weighted by Gasteiger charge is -2.44. The lowest BCUT2D eigenvalue weighted by molar-refractivity contribution is 0.0534.